The lowest BCUT2D eigenvalue weighted by molar-refractivity contribution is 1.05. The Morgan fingerprint density at radius 2 is 1.72 bits per heavy atom. The Bertz CT molecular complexity index is 1110. The molecule has 0 aliphatic carbocycles. The number of H-pyrrole nitrogens is 1. The van der Waals surface area contributed by atoms with Gasteiger partial charge in [-0.25, -0.2) is 0 Å². The van der Waals surface area contributed by atoms with E-state index in [-0.39, 0.29) is 0 Å². The van der Waals surface area contributed by atoms with E-state index in [4.69, 9.17) is 0 Å². The zero-order valence-corrected chi connectivity index (χ0v) is 16.0. The van der Waals surface area contributed by atoms with Gasteiger partial charge < -0.3 is 9.88 Å². The molecule has 0 saturated heterocycles. The smallest absolute Gasteiger partial charge is 0.0751 e. The van der Waals surface area contributed by atoms with E-state index in [2.05, 4.69) is 106 Å². The minimum absolute atomic E-state index is 0.945. The molecule has 122 valence electrons. The minimum Gasteiger partial charge on any atom is -0.356 e. The third-order valence-electron chi connectivity index (χ3n) is 4.98. The Morgan fingerprint density at radius 1 is 0.920 bits per heavy atom. The SMILES string of the molecule is Cc1cc(I)ccc1N1c2ccccc2Cc2[nH]c3ccccc3c21. The molecule has 2 heterocycles. The van der Waals surface area contributed by atoms with E-state index in [1.54, 1.807) is 0 Å². The van der Waals surface area contributed by atoms with Gasteiger partial charge in [-0.15, -0.1) is 0 Å². The number of fused-ring (bicyclic) bond motifs is 4. The van der Waals surface area contributed by atoms with E-state index < -0.39 is 0 Å². The van der Waals surface area contributed by atoms with Crippen LogP contribution in [0.1, 0.15) is 16.8 Å². The second-order valence-corrected chi connectivity index (χ2v) is 7.82. The highest BCUT2D eigenvalue weighted by Crippen LogP contribution is 2.47. The van der Waals surface area contributed by atoms with E-state index in [1.165, 1.54) is 48.4 Å². The van der Waals surface area contributed by atoms with E-state index in [0.717, 1.165) is 6.42 Å². The molecule has 4 aromatic rings. The fraction of sp³-hybridized carbons (Fsp3) is 0.0909. The highest BCUT2D eigenvalue weighted by molar-refractivity contribution is 14.1. The summed E-state index contributed by atoms with van der Waals surface area (Å²) < 4.78 is 1.27. The second kappa shape index (κ2) is 5.63. The van der Waals surface area contributed by atoms with Gasteiger partial charge in [0.2, 0.25) is 0 Å². The van der Waals surface area contributed by atoms with Crippen molar-refractivity contribution in [3.63, 3.8) is 0 Å². The number of aryl methyl sites for hydroxylation is 1. The quantitative estimate of drug-likeness (QED) is 0.299. The topological polar surface area (TPSA) is 19.0 Å². The number of hydrogen-bond donors (Lipinski definition) is 1. The molecule has 0 unspecified atom stereocenters. The van der Waals surface area contributed by atoms with Gasteiger partial charge in [0.15, 0.2) is 0 Å². The van der Waals surface area contributed by atoms with Crippen molar-refractivity contribution in [2.24, 2.45) is 0 Å². The number of anilines is 3. The number of nitrogens with one attached hydrogen (secondary N) is 1. The molecule has 0 fully saturated rings. The van der Waals surface area contributed by atoms with Crippen LogP contribution in [0.15, 0.2) is 66.7 Å². The first kappa shape index (κ1) is 15.0. The van der Waals surface area contributed by atoms with E-state index in [9.17, 15) is 0 Å². The monoisotopic (exact) mass is 436 g/mol. The summed E-state index contributed by atoms with van der Waals surface area (Å²) in [5.74, 6) is 0. The molecule has 0 atom stereocenters. The summed E-state index contributed by atoms with van der Waals surface area (Å²) in [7, 11) is 0. The molecule has 3 aromatic carbocycles. The molecule has 5 rings (SSSR count). The first-order valence-electron chi connectivity index (χ1n) is 8.46. The van der Waals surface area contributed by atoms with Crippen LogP contribution in [0.2, 0.25) is 0 Å². The first-order chi connectivity index (χ1) is 12.2. The maximum absolute atomic E-state index is 3.64. The Hall–Kier alpha value is -2.27. The molecule has 1 aliphatic rings. The lowest BCUT2D eigenvalue weighted by Gasteiger charge is -2.33. The van der Waals surface area contributed by atoms with Crippen LogP contribution in [-0.2, 0) is 6.42 Å². The molecule has 25 heavy (non-hydrogen) atoms. The van der Waals surface area contributed by atoms with Crippen LogP contribution in [0.3, 0.4) is 0 Å². The molecule has 3 heteroatoms. The summed E-state index contributed by atoms with van der Waals surface area (Å²) in [5.41, 5.74) is 8.96. The van der Waals surface area contributed by atoms with Gasteiger partial charge in [0.05, 0.1) is 5.69 Å². The normalized spacial score (nSPS) is 13.0. The predicted molar refractivity (Wildman–Crippen MR) is 113 cm³/mol. The van der Waals surface area contributed by atoms with Gasteiger partial charge in [-0.2, -0.15) is 0 Å². The highest BCUT2D eigenvalue weighted by Gasteiger charge is 2.28. The van der Waals surface area contributed by atoms with Crippen LogP contribution < -0.4 is 4.90 Å². The van der Waals surface area contributed by atoms with Gasteiger partial charge in [0.1, 0.15) is 0 Å². The predicted octanol–water partition coefficient (Wildman–Crippen LogP) is 6.45. The molecule has 0 bridgehead atoms. The number of nitrogens with zero attached hydrogens (tertiary/aromatic N) is 1. The summed E-state index contributed by atoms with van der Waals surface area (Å²) in [6, 6.07) is 24.0. The third kappa shape index (κ3) is 2.29. The van der Waals surface area contributed by atoms with Gasteiger partial charge in [-0.05, 0) is 71.0 Å². The standard InChI is InChI=1S/C22H17IN2/c1-14-12-16(23)10-11-20(14)25-21-9-5-2-6-15(21)13-19-22(25)17-7-3-4-8-18(17)24-19/h2-12,24H,13H2,1H3. The van der Waals surface area contributed by atoms with Crippen molar-refractivity contribution < 1.29 is 0 Å². The van der Waals surface area contributed by atoms with Crippen molar-refractivity contribution >= 4 is 50.6 Å². The summed E-state index contributed by atoms with van der Waals surface area (Å²) in [4.78, 5) is 6.07. The molecule has 1 N–H and O–H groups in total. The number of para-hydroxylation sites is 2. The van der Waals surface area contributed by atoms with Crippen LogP contribution >= 0.6 is 22.6 Å². The van der Waals surface area contributed by atoms with E-state index in [0.29, 0.717) is 0 Å². The summed E-state index contributed by atoms with van der Waals surface area (Å²) in [6.07, 6.45) is 0.945. The zero-order valence-electron chi connectivity index (χ0n) is 13.9. The number of rotatable bonds is 1. The van der Waals surface area contributed by atoms with E-state index >= 15 is 0 Å². The fourth-order valence-electron chi connectivity index (χ4n) is 3.88. The fourth-order valence-corrected chi connectivity index (χ4v) is 4.52. The molecule has 0 spiro atoms. The van der Waals surface area contributed by atoms with Gasteiger partial charge in [-0.3, -0.25) is 0 Å². The molecule has 1 aromatic heterocycles. The zero-order chi connectivity index (χ0) is 17.0. The summed E-state index contributed by atoms with van der Waals surface area (Å²) in [6.45, 7) is 2.20. The Balaban J connectivity index is 1.85. The van der Waals surface area contributed by atoms with Crippen molar-refractivity contribution in [1.82, 2.24) is 4.98 Å². The number of halogens is 1. The largest absolute Gasteiger partial charge is 0.356 e. The molecular formula is C22H17IN2. The first-order valence-corrected chi connectivity index (χ1v) is 9.54. The average molecular weight is 436 g/mol. The van der Waals surface area contributed by atoms with Crippen molar-refractivity contribution in [3.8, 4) is 0 Å². The van der Waals surface area contributed by atoms with Crippen molar-refractivity contribution in [2.45, 2.75) is 13.3 Å². The number of aromatic nitrogens is 1. The molecule has 0 saturated carbocycles. The molecule has 0 radical (unpaired) electrons. The van der Waals surface area contributed by atoms with Crippen molar-refractivity contribution in [3.05, 3.63) is 87.1 Å². The Labute approximate surface area is 160 Å². The number of hydrogen-bond acceptors (Lipinski definition) is 1. The van der Waals surface area contributed by atoms with Crippen LogP contribution in [-0.4, -0.2) is 4.98 Å². The Kier molecular flexibility index (Phi) is 3.38. The minimum atomic E-state index is 0.945. The van der Waals surface area contributed by atoms with E-state index in [1.807, 2.05) is 0 Å². The van der Waals surface area contributed by atoms with Crippen LogP contribution in [0.5, 0.6) is 0 Å². The molecular weight excluding hydrogens is 419 g/mol. The number of benzene rings is 3. The molecule has 1 aliphatic heterocycles. The van der Waals surface area contributed by atoms with Crippen LogP contribution in [0.4, 0.5) is 17.1 Å². The van der Waals surface area contributed by atoms with Gasteiger partial charge in [0.25, 0.3) is 0 Å². The second-order valence-electron chi connectivity index (χ2n) is 6.57. The van der Waals surface area contributed by atoms with Crippen LogP contribution in [0, 0.1) is 10.5 Å². The van der Waals surface area contributed by atoms with Crippen molar-refractivity contribution in [1.29, 1.82) is 0 Å². The van der Waals surface area contributed by atoms with Gasteiger partial charge in [-0.1, -0.05) is 36.4 Å². The third-order valence-corrected chi connectivity index (χ3v) is 5.65. The highest BCUT2D eigenvalue weighted by atomic mass is 127. The lowest BCUT2D eigenvalue weighted by Crippen LogP contribution is -2.18. The van der Waals surface area contributed by atoms with Crippen LogP contribution in [0.25, 0.3) is 10.9 Å². The number of aromatic amines is 1. The summed E-state index contributed by atoms with van der Waals surface area (Å²) in [5, 5.41) is 1.28. The molecule has 0 amide bonds. The lowest BCUT2D eigenvalue weighted by atomic mass is 9.98. The molecule has 2 nitrogen and oxygen atoms in total. The van der Waals surface area contributed by atoms with Gasteiger partial charge >= 0.3 is 0 Å². The Morgan fingerprint density at radius 3 is 2.60 bits per heavy atom. The van der Waals surface area contributed by atoms with Crippen molar-refractivity contribution in [2.75, 3.05) is 4.90 Å². The maximum Gasteiger partial charge on any atom is 0.0751 e. The maximum atomic E-state index is 3.64. The summed E-state index contributed by atoms with van der Waals surface area (Å²) >= 11 is 2.38. The van der Waals surface area contributed by atoms with Gasteiger partial charge in [0, 0.05) is 38.0 Å². The average Bonchev–Trinajstić information content (AvgIpc) is 2.98.